The summed E-state index contributed by atoms with van der Waals surface area (Å²) in [7, 11) is 0. The van der Waals surface area contributed by atoms with E-state index in [1.54, 1.807) is 12.4 Å². The van der Waals surface area contributed by atoms with Gasteiger partial charge in [0.1, 0.15) is 11.1 Å². The van der Waals surface area contributed by atoms with E-state index in [0.717, 1.165) is 30.6 Å². The van der Waals surface area contributed by atoms with Crippen molar-refractivity contribution in [2.45, 2.75) is 69.8 Å². The monoisotopic (exact) mass is 364 g/mol. The van der Waals surface area contributed by atoms with Crippen LogP contribution in [0.25, 0.3) is 0 Å². The number of ether oxygens (including phenoxy) is 1. The van der Waals surface area contributed by atoms with Crippen molar-refractivity contribution >= 4 is 23.6 Å². The van der Waals surface area contributed by atoms with Crippen molar-refractivity contribution in [2.24, 2.45) is 0 Å². The van der Waals surface area contributed by atoms with Crippen LogP contribution in [0.4, 0.5) is 0 Å². The molecule has 138 valence electrons. The summed E-state index contributed by atoms with van der Waals surface area (Å²) < 4.78 is 5.59. The predicted molar refractivity (Wildman–Crippen MR) is 100 cm³/mol. The molecule has 25 heavy (non-hydrogen) atoms. The maximum Gasteiger partial charge on any atom is 0.332 e. The highest BCUT2D eigenvalue weighted by atomic mass is 32.2. The van der Waals surface area contributed by atoms with Crippen molar-refractivity contribution in [1.29, 1.82) is 0 Å². The number of aromatic nitrogens is 1. The standard InChI is InChI=1S/C19H28N2O3S/c1-18(2,3)24-17(23)19(9-5-4-6-10-19)21-16(22)14-25-13-15-8-7-11-20-12-15/h7-8,11-12H,4-6,9-10,13-14H2,1-3H3,(H,21,22). The minimum Gasteiger partial charge on any atom is -0.458 e. The molecule has 0 bridgehead atoms. The molecule has 0 aliphatic heterocycles. The summed E-state index contributed by atoms with van der Waals surface area (Å²) in [6.07, 6.45) is 7.80. The van der Waals surface area contributed by atoms with Crippen LogP contribution in [0.3, 0.4) is 0 Å². The van der Waals surface area contributed by atoms with Crippen LogP contribution in [0.5, 0.6) is 0 Å². The zero-order valence-corrected chi connectivity index (χ0v) is 16.2. The smallest absolute Gasteiger partial charge is 0.332 e. The van der Waals surface area contributed by atoms with E-state index in [4.69, 9.17) is 4.74 Å². The molecule has 1 aromatic heterocycles. The van der Waals surface area contributed by atoms with Gasteiger partial charge in [0.2, 0.25) is 5.91 Å². The van der Waals surface area contributed by atoms with Gasteiger partial charge in [0, 0.05) is 18.1 Å². The van der Waals surface area contributed by atoms with Gasteiger partial charge < -0.3 is 10.1 Å². The number of amides is 1. The number of carbonyl (C=O) groups excluding carboxylic acids is 2. The van der Waals surface area contributed by atoms with Crippen molar-refractivity contribution in [3.05, 3.63) is 30.1 Å². The van der Waals surface area contributed by atoms with Crippen LogP contribution < -0.4 is 5.32 Å². The molecule has 0 radical (unpaired) electrons. The van der Waals surface area contributed by atoms with Crippen molar-refractivity contribution < 1.29 is 14.3 Å². The third-order valence-electron chi connectivity index (χ3n) is 4.10. The number of hydrogen-bond donors (Lipinski definition) is 1. The number of carbonyl (C=O) groups is 2. The molecule has 0 spiro atoms. The molecule has 1 aliphatic rings. The Morgan fingerprint density at radius 2 is 2.00 bits per heavy atom. The molecule has 1 saturated carbocycles. The molecule has 0 saturated heterocycles. The lowest BCUT2D eigenvalue weighted by molar-refractivity contribution is -0.166. The molecule has 1 fully saturated rings. The van der Waals surface area contributed by atoms with Crippen LogP contribution in [0.2, 0.25) is 0 Å². The van der Waals surface area contributed by atoms with E-state index in [-0.39, 0.29) is 11.9 Å². The second kappa shape index (κ2) is 8.70. The molecule has 0 atom stereocenters. The Bertz CT molecular complexity index is 578. The summed E-state index contributed by atoms with van der Waals surface area (Å²) in [6.45, 7) is 5.56. The van der Waals surface area contributed by atoms with E-state index in [1.165, 1.54) is 11.8 Å². The van der Waals surface area contributed by atoms with Crippen molar-refractivity contribution in [3.63, 3.8) is 0 Å². The molecule has 1 aromatic rings. The molecule has 1 heterocycles. The number of esters is 1. The van der Waals surface area contributed by atoms with E-state index in [1.807, 2.05) is 32.9 Å². The summed E-state index contributed by atoms with van der Waals surface area (Å²) in [5, 5.41) is 2.99. The average molecular weight is 365 g/mol. The largest absolute Gasteiger partial charge is 0.458 e. The Hall–Kier alpha value is -1.56. The summed E-state index contributed by atoms with van der Waals surface area (Å²) in [5.74, 6) is 0.632. The molecule has 5 nitrogen and oxygen atoms in total. The molecule has 2 rings (SSSR count). The first-order valence-electron chi connectivity index (χ1n) is 8.82. The quantitative estimate of drug-likeness (QED) is 0.783. The van der Waals surface area contributed by atoms with Crippen LogP contribution in [-0.2, 0) is 20.1 Å². The number of rotatable bonds is 6. The Morgan fingerprint density at radius 3 is 2.60 bits per heavy atom. The van der Waals surface area contributed by atoms with Crippen LogP contribution in [0.15, 0.2) is 24.5 Å². The molecule has 0 aromatic carbocycles. The molecule has 0 unspecified atom stereocenters. The summed E-state index contributed by atoms with van der Waals surface area (Å²) in [6, 6.07) is 3.87. The molecule has 6 heteroatoms. The maximum atomic E-state index is 12.7. The van der Waals surface area contributed by atoms with E-state index in [9.17, 15) is 9.59 Å². The topological polar surface area (TPSA) is 68.3 Å². The highest BCUT2D eigenvalue weighted by Crippen LogP contribution is 2.31. The predicted octanol–water partition coefficient (Wildman–Crippen LogP) is 3.48. The molecule has 1 aliphatic carbocycles. The van der Waals surface area contributed by atoms with E-state index < -0.39 is 11.1 Å². The maximum absolute atomic E-state index is 12.7. The Labute approximate surface area is 154 Å². The minimum absolute atomic E-state index is 0.110. The average Bonchev–Trinajstić information content (AvgIpc) is 2.55. The first kappa shape index (κ1) is 19.8. The third kappa shape index (κ3) is 6.34. The first-order valence-corrected chi connectivity index (χ1v) is 9.97. The summed E-state index contributed by atoms with van der Waals surface area (Å²) >= 11 is 1.52. The van der Waals surface area contributed by atoms with Gasteiger partial charge in [-0.25, -0.2) is 4.79 Å². The van der Waals surface area contributed by atoms with E-state index in [2.05, 4.69) is 10.3 Å². The van der Waals surface area contributed by atoms with Gasteiger partial charge in [0.15, 0.2) is 0 Å². The summed E-state index contributed by atoms with van der Waals surface area (Å²) in [5.41, 5.74) is -0.335. The van der Waals surface area contributed by atoms with E-state index in [0.29, 0.717) is 18.6 Å². The van der Waals surface area contributed by atoms with Gasteiger partial charge in [-0.2, -0.15) is 0 Å². The van der Waals surface area contributed by atoms with Gasteiger partial charge in [0.05, 0.1) is 5.75 Å². The lowest BCUT2D eigenvalue weighted by Crippen LogP contribution is -2.57. The first-order chi connectivity index (χ1) is 11.8. The van der Waals surface area contributed by atoms with Crippen molar-refractivity contribution in [2.75, 3.05) is 5.75 Å². The van der Waals surface area contributed by atoms with Gasteiger partial charge in [-0.15, -0.1) is 11.8 Å². The fraction of sp³-hybridized carbons (Fsp3) is 0.632. The Kier molecular flexibility index (Phi) is 6.87. The Morgan fingerprint density at radius 1 is 1.28 bits per heavy atom. The lowest BCUT2D eigenvalue weighted by Gasteiger charge is -2.37. The fourth-order valence-electron chi connectivity index (χ4n) is 2.96. The number of nitrogens with one attached hydrogen (secondary N) is 1. The number of pyridine rings is 1. The molecule has 1 amide bonds. The Balaban J connectivity index is 1.92. The zero-order valence-electron chi connectivity index (χ0n) is 15.3. The fourth-order valence-corrected chi connectivity index (χ4v) is 3.73. The molecule has 1 N–H and O–H groups in total. The van der Waals surface area contributed by atoms with Crippen molar-refractivity contribution in [1.82, 2.24) is 10.3 Å². The highest BCUT2D eigenvalue weighted by molar-refractivity contribution is 7.99. The van der Waals surface area contributed by atoms with Gasteiger partial charge in [-0.05, 0) is 45.2 Å². The summed E-state index contributed by atoms with van der Waals surface area (Å²) in [4.78, 5) is 29.2. The SMILES string of the molecule is CC(C)(C)OC(=O)C1(NC(=O)CSCc2cccnc2)CCCCC1. The van der Waals surface area contributed by atoms with Gasteiger partial charge in [-0.1, -0.05) is 25.3 Å². The van der Waals surface area contributed by atoms with E-state index >= 15 is 0 Å². The van der Waals surface area contributed by atoms with Crippen LogP contribution in [-0.4, -0.2) is 33.8 Å². The van der Waals surface area contributed by atoms with Gasteiger partial charge in [-0.3, -0.25) is 9.78 Å². The number of nitrogens with zero attached hydrogens (tertiary/aromatic N) is 1. The van der Waals surface area contributed by atoms with Gasteiger partial charge in [0.25, 0.3) is 0 Å². The molecular weight excluding hydrogens is 336 g/mol. The second-order valence-electron chi connectivity index (χ2n) is 7.55. The van der Waals surface area contributed by atoms with Gasteiger partial charge >= 0.3 is 5.97 Å². The third-order valence-corrected chi connectivity index (χ3v) is 5.10. The van der Waals surface area contributed by atoms with Crippen LogP contribution in [0.1, 0.15) is 58.4 Å². The lowest BCUT2D eigenvalue weighted by atomic mass is 9.81. The van der Waals surface area contributed by atoms with Crippen molar-refractivity contribution in [3.8, 4) is 0 Å². The minimum atomic E-state index is -0.864. The molecular formula is C19H28N2O3S. The number of hydrogen-bond acceptors (Lipinski definition) is 5. The normalized spacial score (nSPS) is 16.9. The van der Waals surface area contributed by atoms with Crippen LogP contribution >= 0.6 is 11.8 Å². The zero-order chi connectivity index (χ0) is 18.3. The second-order valence-corrected chi connectivity index (χ2v) is 8.53. The number of thioether (sulfide) groups is 1. The van der Waals surface area contributed by atoms with Crippen LogP contribution in [0, 0.1) is 0 Å². The highest BCUT2D eigenvalue weighted by Gasteiger charge is 2.43.